The Balaban J connectivity index is 2.84. The molecule has 1 unspecified atom stereocenters. The van der Waals surface area contributed by atoms with E-state index < -0.39 is 24.7 Å². The predicted octanol–water partition coefficient (Wildman–Crippen LogP) is 1.57. The number of carbonyl (C=O) groups is 1. The summed E-state index contributed by atoms with van der Waals surface area (Å²) in [5.74, 6) is -1.36. The molecule has 0 saturated heterocycles. The van der Waals surface area contributed by atoms with Crippen LogP contribution in [0.1, 0.15) is 25.1 Å². The van der Waals surface area contributed by atoms with Crippen molar-refractivity contribution >= 4 is 5.97 Å². The van der Waals surface area contributed by atoms with Crippen LogP contribution in [0.2, 0.25) is 0 Å². The molecule has 2 N–H and O–H groups in total. The van der Waals surface area contributed by atoms with Crippen molar-refractivity contribution in [3.8, 4) is 0 Å². The Hall–Kier alpha value is -1.57. The van der Waals surface area contributed by atoms with Crippen LogP contribution in [-0.2, 0) is 11.3 Å². The zero-order valence-electron chi connectivity index (χ0n) is 9.74. The van der Waals surface area contributed by atoms with Crippen molar-refractivity contribution in [1.29, 1.82) is 0 Å². The van der Waals surface area contributed by atoms with Gasteiger partial charge in [-0.15, -0.1) is 0 Å². The molecule has 5 nitrogen and oxygen atoms in total. The quantitative estimate of drug-likeness (QED) is 0.819. The van der Waals surface area contributed by atoms with Gasteiger partial charge < -0.3 is 9.67 Å². The number of nitrogens with zero attached hydrogens (tertiary/aromatic N) is 2. The molecule has 102 valence electrons. The van der Waals surface area contributed by atoms with Crippen LogP contribution in [0.25, 0.3) is 0 Å². The van der Waals surface area contributed by atoms with E-state index in [2.05, 4.69) is 4.98 Å². The minimum Gasteiger partial charge on any atom is -0.480 e. The zero-order valence-corrected chi connectivity index (χ0v) is 9.74. The number of imidazole rings is 1. The lowest BCUT2D eigenvalue weighted by Gasteiger charge is -2.17. The summed E-state index contributed by atoms with van der Waals surface area (Å²) in [7, 11) is 0. The SMILES string of the molecule is CCCn1cncc1C(NCC(F)(F)F)C(=O)O. The third kappa shape index (κ3) is 4.02. The van der Waals surface area contributed by atoms with E-state index in [1.54, 1.807) is 0 Å². The predicted molar refractivity (Wildman–Crippen MR) is 57.0 cm³/mol. The number of carboxylic acids is 1. The highest BCUT2D eigenvalue weighted by Gasteiger charge is 2.31. The second kappa shape index (κ2) is 5.85. The molecule has 0 aliphatic heterocycles. The van der Waals surface area contributed by atoms with Crippen LogP contribution in [0.4, 0.5) is 13.2 Å². The number of rotatable bonds is 6. The van der Waals surface area contributed by atoms with E-state index in [1.165, 1.54) is 17.1 Å². The molecule has 0 fully saturated rings. The van der Waals surface area contributed by atoms with Crippen molar-refractivity contribution in [2.75, 3.05) is 6.54 Å². The molecular formula is C10H14F3N3O2. The molecule has 18 heavy (non-hydrogen) atoms. The molecule has 0 aliphatic carbocycles. The van der Waals surface area contributed by atoms with Crippen LogP contribution in [0.5, 0.6) is 0 Å². The number of hydrogen-bond acceptors (Lipinski definition) is 3. The van der Waals surface area contributed by atoms with E-state index >= 15 is 0 Å². The molecule has 0 aliphatic rings. The van der Waals surface area contributed by atoms with Gasteiger partial charge in [0, 0.05) is 6.54 Å². The Morgan fingerprint density at radius 2 is 2.28 bits per heavy atom. The summed E-state index contributed by atoms with van der Waals surface area (Å²) in [4.78, 5) is 14.8. The molecule has 0 aromatic carbocycles. The van der Waals surface area contributed by atoms with E-state index in [9.17, 15) is 18.0 Å². The fourth-order valence-electron chi connectivity index (χ4n) is 1.54. The number of aromatic nitrogens is 2. The number of aliphatic carboxylic acids is 1. The lowest BCUT2D eigenvalue weighted by molar-refractivity contribution is -0.143. The van der Waals surface area contributed by atoms with E-state index in [-0.39, 0.29) is 5.69 Å². The van der Waals surface area contributed by atoms with E-state index in [1.807, 2.05) is 12.2 Å². The number of alkyl halides is 3. The van der Waals surface area contributed by atoms with Crippen LogP contribution in [0, 0.1) is 0 Å². The maximum Gasteiger partial charge on any atom is 0.401 e. The third-order valence-electron chi connectivity index (χ3n) is 2.26. The van der Waals surface area contributed by atoms with Gasteiger partial charge in [-0.05, 0) is 6.42 Å². The van der Waals surface area contributed by atoms with Gasteiger partial charge >= 0.3 is 12.1 Å². The van der Waals surface area contributed by atoms with Gasteiger partial charge in [0.1, 0.15) is 6.04 Å². The molecule has 8 heteroatoms. The number of carboxylic acid groups (broad SMARTS) is 1. The summed E-state index contributed by atoms with van der Waals surface area (Å²) in [6.07, 6.45) is -1.06. The topological polar surface area (TPSA) is 67.2 Å². The van der Waals surface area contributed by atoms with E-state index in [4.69, 9.17) is 5.11 Å². The van der Waals surface area contributed by atoms with Crippen molar-refractivity contribution < 1.29 is 23.1 Å². The molecule has 1 rings (SSSR count). The van der Waals surface area contributed by atoms with E-state index in [0.717, 1.165) is 6.42 Å². The summed E-state index contributed by atoms with van der Waals surface area (Å²) >= 11 is 0. The van der Waals surface area contributed by atoms with Gasteiger partial charge in [-0.25, -0.2) is 4.98 Å². The van der Waals surface area contributed by atoms with Crippen LogP contribution in [0.3, 0.4) is 0 Å². The van der Waals surface area contributed by atoms with Crippen molar-refractivity contribution in [1.82, 2.24) is 14.9 Å². The second-order valence-corrected chi connectivity index (χ2v) is 3.78. The molecule has 0 bridgehead atoms. The molecule has 1 atom stereocenters. The first kappa shape index (κ1) is 14.5. The fourth-order valence-corrected chi connectivity index (χ4v) is 1.54. The largest absolute Gasteiger partial charge is 0.480 e. The lowest BCUT2D eigenvalue weighted by Crippen LogP contribution is -2.37. The van der Waals surface area contributed by atoms with Gasteiger partial charge in [-0.1, -0.05) is 6.92 Å². The molecule has 0 saturated carbocycles. The highest BCUT2D eigenvalue weighted by atomic mass is 19.4. The van der Waals surface area contributed by atoms with Crippen molar-refractivity contribution in [2.45, 2.75) is 32.1 Å². The van der Waals surface area contributed by atoms with Crippen LogP contribution < -0.4 is 5.32 Å². The number of hydrogen-bond donors (Lipinski definition) is 2. The maximum absolute atomic E-state index is 12.1. The Morgan fingerprint density at radius 1 is 1.61 bits per heavy atom. The number of halogens is 3. The normalized spacial score (nSPS) is 13.6. The monoisotopic (exact) mass is 265 g/mol. The molecular weight excluding hydrogens is 251 g/mol. The molecule has 0 spiro atoms. The maximum atomic E-state index is 12.1. The highest BCUT2D eigenvalue weighted by Crippen LogP contribution is 2.18. The van der Waals surface area contributed by atoms with Crippen molar-refractivity contribution in [3.05, 3.63) is 18.2 Å². The summed E-state index contributed by atoms with van der Waals surface area (Å²) < 4.78 is 37.8. The fraction of sp³-hybridized carbons (Fsp3) is 0.600. The first-order valence-electron chi connectivity index (χ1n) is 5.38. The lowest BCUT2D eigenvalue weighted by atomic mass is 10.2. The molecule has 1 aromatic heterocycles. The molecule has 0 amide bonds. The zero-order chi connectivity index (χ0) is 13.8. The Bertz CT molecular complexity index is 403. The summed E-state index contributed by atoms with van der Waals surface area (Å²) in [6, 6.07) is -1.42. The smallest absolute Gasteiger partial charge is 0.401 e. The average Bonchev–Trinajstić information content (AvgIpc) is 2.65. The van der Waals surface area contributed by atoms with Gasteiger partial charge in [0.2, 0.25) is 0 Å². The Kier molecular flexibility index (Phi) is 4.71. The van der Waals surface area contributed by atoms with Gasteiger partial charge in [0.15, 0.2) is 0 Å². The first-order chi connectivity index (χ1) is 8.35. The minimum absolute atomic E-state index is 0.216. The highest BCUT2D eigenvalue weighted by molar-refractivity contribution is 5.74. The first-order valence-corrected chi connectivity index (χ1v) is 5.38. The van der Waals surface area contributed by atoms with Crippen molar-refractivity contribution in [3.63, 3.8) is 0 Å². The standard InChI is InChI=1S/C10H14F3N3O2/c1-2-3-16-6-14-4-7(16)8(9(17)18)15-5-10(11,12)13/h4,6,8,15H,2-3,5H2,1H3,(H,17,18). The van der Waals surface area contributed by atoms with Gasteiger partial charge in [0.25, 0.3) is 0 Å². The minimum atomic E-state index is -4.46. The molecule has 1 aromatic rings. The summed E-state index contributed by atoms with van der Waals surface area (Å²) in [5.41, 5.74) is 0.216. The Labute approximate surface area is 102 Å². The van der Waals surface area contributed by atoms with Gasteiger partial charge in [-0.2, -0.15) is 13.2 Å². The number of aryl methyl sites for hydroxylation is 1. The average molecular weight is 265 g/mol. The van der Waals surface area contributed by atoms with Crippen molar-refractivity contribution in [2.24, 2.45) is 0 Å². The number of nitrogens with one attached hydrogen (secondary N) is 1. The molecule has 0 radical (unpaired) electrons. The summed E-state index contributed by atoms with van der Waals surface area (Å²) in [5, 5.41) is 10.9. The third-order valence-corrected chi connectivity index (χ3v) is 2.26. The van der Waals surface area contributed by atoms with Crippen LogP contribution >= 0.6 is 0 Å². The van der Waals surface area contributed by atoms with Gasteiger partial charge in [-0.3, -0.25) is 10.1 Å². The summed E-state index contributed by atoms with van der Waals surface area (Å²) in [6.45, 7) is 1.02. The van der Waals surface area contributed by atoms with Gasteiger partial charge in [0.05, 0.1) is 24.8 Å². The van der Waals surface area contributed by atoms with Crippen LogP contribution in [-0.4, -0.2) is 33.3 Å². The molecule has 1 heterocycles. The van der Waals surface area contributed by atoms with E-state index in [0.29, 0.717) is 6.54 Å². The second-order valence-electron chi connectivity index (χ2n) is 3.78. The van der Waals surface area contributed by atoms with Crippen LogP contribution in [0.15, 0.2) is 12.5 Å². The Morgan fingerprint density at radius 3 is 2.78 bits per heavy atom.